The molecule has 0 saturated carbocycles. The zero-order valence-corrected chi connectivity index (χ0v) is 7.41. The molecule has 1 aliphatic rings. The van der Waals surface area contributed by atoms with Gasteiger partial charge in [-0.25, -0.2) is 0 Å². The van der Waals surface area contributed by atoms with Crippen molar-refractivity contribution in [3.05, 3.63) is 0 Å². The van der Waals surface area contributed by atoms with Crippen LogP contribution in [-0.2, 0) is 4.12 Å². The largest absolute Gasteiger partial charge is 0.612 e. The van der Waals surface area contributed by atoms with Crippen LogP contribution in [0.3, 0.4) is 0 Å². The summed E-state index contributed by atoms with van der Waals surface area (Å²) in [4.78, 5) is 0. The summed E-state index contributed by atoms with van der Waals surface area (Å²) in [5.74, 6) is 0. The molecule has 1 fully saturated rings. The third-order valence-corrected chi connectivity index (χ3v) is 16.5. The molecule has 1 heterocycles. The van der Waals surface area contributed by atoms with Gasteiger partial charge in [0.05, 0.1) is 0 Å². The highest BCUT2D eigenvalue weighted by Gasteiger charge is 2.19. The van der Waals surface area contributed by atoms with E-state index in [9.17, 15) is 8.78 Å². The predicted molar refractivity (Wildman–Crippen MR) is 31.1 cm³/mol. The summed E-state index contributed by atoms with van der Waals surface area (Å²) in [7, 11) is -2.08. The summed E-state index contributed by atoms with van der Waals surface area (Å²) in [5, 5.41) is 0. The van der Waals surface area contributed by atoms with Gasteiger partial charge in [0.2, 0.25) is 0 Å². The van der Waals surface area contributed by atoms with E-state index >= 15 is 0 Å². The molecule has 0 atom stereocenters. The molecule has 0 bridgehead atoms. The van der Waals surface area contributed by atoms with Crippen molar-refractivity contribution in [3.63, 3.8) is 0 Å². The molecule has 0 aromatic heterocycles. The van der Waals surface area contributed by atoms with E-state index in [1.54, 1.807) is 0 Å². The van der Waals surface area contributed by atoms with Crippen LogP contribution in [0.15, 0.2) is 0 Å². The molecular formula is CH4F2OSi3. The summed E-state index contributed by atoms with van der Waals surface area (Å²) < 4.78 is 27.5. The Balaban J connectivity index is 2.52. The van der Waals surface area contributed by atoms with Crippen LogP contribution in [-0.4, -0.2) is 31.7 Å². The maximum Gasteiger partial charge on any atom is 0.273 e. The molecule has 0 aliphatic carbocycles. The smallest absolute Gasteiger partial charge is 0.273 e. The Kier molecular flexibility index (Phi) is 1.50. The molecule has 1 nitrogen and oxygen atoms in total. The van der Waals surface area contributed by atoms with Crippen LogP contribution in [0, 0.1) is 0 Å². The SMILES string of the molecule is FC(F)=[Si]1O[SiH2][SiH2]1. The molecule has 0 spiro atoms. The molecule has 1 rings (SSSR count). The Morgan fingerprint density at radius 3 is 2.14 bits per heavy atom. The van der Waals surface area contributed by atoms with Gasteiger partial charge in [-0.3, -0.25) is 0 Å². The van der Waals surface area contributed by atoms with Gasteiger partial charge in [0.1, 0.15) is 8.55 Å². The van der Waals surface area contributed by atoms with Gasteiger partial charge in [-0.05, 0) is 0 Å². The Bertz CT molecular complexity index is 102. The van der Waals surface area contributed by atoms with Crippen molar-refractivity contribution >= 4 is 31.7 Å². The molecule has 7 heavy (non-hydrogen) atoms. The zero-order valence-electron chi connectivity index (χ0n) is 3.58. The monoisotopic (exact) mass is 154 g/mol. The zero-order chi connectivity index (χ0) is 5.28. The lowest BCUT2D eigenvalue weighted by Gasteiger charge is -2.15. The summed E-state index contributed by atoms with van der Waals surface area (Å²) in [6, 6.07) is 0. The van der Waals surface area contributed by atoms with Gasteiger partial charge in [-0.15, -0.1) is 0 Å². The molecule has 40 valence electrons. The number of hydrogen-bond acceptors (Lipinski definition) is 1. The maximum atomic E-state index is 11.4. The van der Waals surface area contributed by atoms with Crippen molar-refractivity contribution in [3.8, 4) is 0 Å². The average Bonchev–Trinajstić information content (AvgIpc) is 1.23. The molecule has 0 amide bonds. The van der Waals surface area contributed by atoms with Gasteiger partial charge >= 0.3 is 0 Å². The average molecular weight is 154 g/mol. The van der Waals surface area contributed by atoms with E-state index in [0.29, 0.717) is 0 Å². The summed E-state index contributed by atoms with van der Waals surface area (Å²) in [6.45, 7) is 0. The summed E-state index contributed by atoms with van der Waals surface area (Å²) >= 11 is 0. The lowest BCUT2D eigenvalue weighted by molar-refractivity contribution is 0.602. The fourth-order valence-corrected chi connectivity index (χ4v) is 8.55. The first-order valence-electron chi connectivity index (χ1n) is 1.97. The van der Waals surface area contributed by atoms with Crippen LogP contribution in [0.1, 0.15) is 0 Å². The van der Waals surface area contributed by atoms with Gasteiger partial charge in [-0.2, -0.15) is 8.78 Å². The minimum atomic E-state index is -1.48. The maximum absolute atomic E-state index is 11.4. The van der Waals surface area contributed by atoms with E-state index < -0.39 is 13.8 Å². The molecule has 6 heteroatoms. The van der Waals surface area contributed by atoms with E-state index in [2.05, 4.69) is 0 Å². The van der Waals surface area contributed by atoms with Gasteiger partial charge in [0, 0.05) is 0 Å². The molecule has 1 saturated heterocycles. The van der Waals surface area contributed by atoms with Gasteiger partial charge in [0.25, 0.3) is 13.8 Å². The van der Waals surface area contributed by atoms with Crippen LogP contribution < -0.4 is 0 Å². The standard InChI is InChI=1S/CH4F2OSi3/c2-1(3)7-4-5-6-7/h5-6H2. The topological polar surface area (TPSA) is 9.23 Å². The van der Waals surface area contributed by atoms with E-state index in [-0.39, 0.29) is 17.8 Å². The normalized spacial score (nSPS) is 24.6. The quantitative estimate of drug-likeness (QED) is 0.377. The minimum Gasteiger partial charge on any atom is -0.612 e. The van der Waals surface area contributed by atoms with Crippen molar-refractivity contribution in [1.29, 1.82) is 0 Å². The minimum absolute atomic E-state index is 0.297. The van der Waals surface area contributed by atoms with Crippen molar-refractivity contribution < 1.29 is 12.9 Å². The highest BCUT2D eigenvalue weighted by atomic mass is 29.6. The molecule has 0 aromatic rings. The molecule has 0 aromatic carbocycles. The Labute approximate surface area is 45.4 Å². The molecule has 0 unspecified atom stereocenters. The number of hydrogen-bond donors (Lipinski definition) is 0. The fourth-order valence-electron chi connectivity index (χ4n) is 0.353. The van der Waals surface area contributed by atoms with Crippen molar-refractivity contribution in [1.82, 2.24) is 0 Å². The van der Waals surface area contributed by atoms with Crippen LogP contribution in [0.5, 0.6) is 0 Å². The van der Waals surface area contributed by atoms with Gasteiger partial charge in [-0.1, -0.05) is 0 Å². The Morgan fingerprint density at radius 1 is 1.57 bits per heavy atom. The van der Waals surface area contributed by atoms with Gasteiger partial charge < -0.3 is 4.12 Å². The van der Waals surface area contributed by atoms with E-state index in [4.69, 9.17) is 4.12 Å². The lowest BCUT2D eigenvalue weighted by atomic mass is 11.7. The van der Waals surface area contributed by atoms with Crippen LogP contribution in [0.4, 0.5) is 8.78 Å². The summed E-state index contributed by atoms with van der Waals surface area (Å²) in [5.41, 5.74) is -1.39. The second-order valence-corrected chi connectivity index (χ2v) is 13.7. The van der Waals surface area contributed by atoms with Gasteiger partial charge in [0.15, 0.2) is 9.28 Å². The summed E-state index contributed by atoms with van der Waals surface area (Å²) in [6.07, 6.45) is 0. The molecule has 1 aliphatic heterocycles. The molecule has 0 N–H and O–H groups in total. The Morgan fingerprint density at radius 2 is 2.14 bits per heavy atom. The molecular weight excluding hydrogens is 150 g/mol. The van der Waals surface area contributed by atoms with Crippen molar-refractivity contribution in [2.75, 3.05) is 0 Å². The van der Waals surface area contributed by atoms with Crippen LogP contribution in [0.2, 0.25) is 0 Å². The first kappa shape index (κ1) is 5.32. The predicted octanol–water partition coefficient (Wildman–Crippen LogP) is -1.72. The second kappa shape index (κ2) is 1.97. The number of halogens is 2. The van der Waals surface area contributed by atoms with Crippen LogP contribution >= 0.6 is 0 Å². The van der Waals surface area contributed by atoms with E-state index in [1.807, 2.05) is 0 Å². The van der Waals surface area contributed by atoms with E-state index in [1.165, 1.54) is 0 Å². The fraction of sp³-hybridized carbons (Fsp3) is 0. The number of rotatable bonds is 0. The lowest BCUT2D eigenvalue weighted by Crippen LogP contribution is -2.41. The van der Waals surface area contributed by atoms with Crippen molar-refractivity contribution in [2.45, 2.75) is 0 Å². The Hall–Kier alpha value is 0.181. The first-order valence-corrected chi connectivity index (χ1v) is 10.3. The third kappa shape index (κ3) is 1.04. The third-order valence-electron chi connectivity index (χ3n) is 0.816. The second-order valence-electron chi connectivity index (χ2n) is 1.28. The highest BCUT2D eigenvalue weighted by Crippen LogP contribution is 1.89. The first-order chi connectivity index (χ1) is 3.30. The van der Waals surface area contributed by atoms with Crippen LogP contribution in [0.25, 0.3) is 0 Å². The highest BCUT2D eigenvalue weighted by molar-refractivity contribution is 7.41. The molecule has 0 radical (unpaired) electrons. The van der Waals surface area contributed by atoms with Crippen molar-refractivity contribution in [2.24, 2.45) is 0 Å². The van der Waals surface area contributed by atoms with E-state index in [0.717, 1.165) is 0 Å².